The summed E-state index contributed by atoms with van der Waals surface area (Å²) in [6.45, 7) is 2.95. The third-order valence-corrected chi connectivity index (χ3v) is 2.93. The van der Waals surface area contributed by atoms with Crippen molar-refractivity contribution >= 4 is 11.7 Å². The van der Waals surface area contributed by atoms with E-state index in [2.05, 4.69) is 5.16 Å². The Labute approximate surface area is 118 Å². The number of hydrogen-bond acceptors (Lipinski definition) is 4. The number of hydrogen-bond donors (Lipinski definition) is 3. The van der Waals surface area contributed by atoms with Crippen molar-refractivity contribution in [3.8, 4) is 0 Å². The molecule has 0 unspecified atom stereocenters. The van der Waals surface area contributed by atoms with Gasteiger partial charge < -0.3 is 20.9 Å². The minimum atomic E-state index is -0.0336. The summed E-state index contributed by atoms with van der Waals surface area (Å²) in [5.74, 6) is 0.0215. The minimum absolute atomic E-state index is 0.0163. The monoisotopic (exact) mass is 279 g/mol. The molecule has 1 rings (SSSR count). The predicted octanol–water partition coefficient (Wildman–Crippen LogP) is 0.554. The molecule has 0 saturated carbocycles. The van der Waals surface area contributed by atoms with Gasteiger partial charge in [0.15, 0.2) is 5.84 Å². The SMILES string of the molecule is CCCN(CCO)C(=O)Cc1ccc(C(N)=NO)cc1. The number of benzene rings is 1. The fourth-order valence-electron chi connectivity index (χ4n) is 1.89. The maximum Gasteiger partial charge on any atom is 0.227 e. The zero-order chi connectivity index (χ0) is 15.0. The van der Waals surface area contributed by atoms with E-state index in [0.29, 0.717) is 18.7 Å². The molecule has 110 valence electrons. The van der Waals surface area contributed by atoms with Crippen LogP contribution in [0.5, 0.6) is 0 Å². The van der Waals surface area contributed by atoms with Crippen molar-refractivity contribution in [3.05, 3.63) is 35.4 Å². The van der Waals surface area contributed by atoms with Crippen LogP contribution in [0, 0.1) is 0 Å². The van der Waals surface area contributed by atoms with Gasteiger partial charge in [0.05, 0.1) is 13.0 Å². The van der Waals surface area contributed by atoms with E-state index in [4.69, 9.17) is 16.0 Å². The van der Waals surface area contributed by atoms with Crippen LogP contribution in [0.3, 0.4) is 0 Å². The van der Waals surface area contributed by atoms with Crippen molar-refractivity contribution in [2.45, 2.75) is 19.8 Å². The molecule has 0 heterocycles. The fraction of sp³-hybridized carbons (Fsp3) is 0.429. The smallest absolute Gasteiger partial charge is 0.227 e. The number of amides is 1. The number of oxime groups is 1. The summed E-state index contributed by atoms with van der Waals surface area (Å²) >= 11 is 0. The lowest BCUT2D eigenvalue weighted by Gasteiger charge is -2.21. The molecule has 0 saturated heterocycles. The van der Waals surface area contributed by atoms with Crippen LogP contribution in [-0.2, 0) is 11.2 Å². The molecule has 0 spiro atoms. The standard InChI is InChI=1S/C14H21N3O3/c1-2-7-17(8-9-18)13(19)10-11-3-5-12(6-4-11)14(15)16-20/h3-6,18,20H,2,7-10H2,1H3,(H2,15,16). The zero-order valence-electron chi connectivity index (χ0n) is 11.6. The highest BCUT2D eigenvalue weighted by Gasteiger charge is 2.12. The van der Waals surface area contributed by atoms with Gasteiger partial charge in [0.2, 0.25) is 5.91 Å². The lowest BCUT2D eigenvalue weighted by Crippen LogP contribution is -2.35. The maximum atomic E-state index is 12.1. The van der Waals surface area contributed by atoms with Crippen LogP contribution in [0.4, 0.5) is 0 Å². The number of aliphatic hydroxyl groups excluding tert-OH is 1. The summed E-state index contributed by atoms with van der Waals surface area (Å²) in [4.78, 5) is 13.7. The molecular weight excluding hydrogens is 258 g/mol. The number of amidine groups is 1. The van der Waals surface area contributed by atoms with Crippen molar-refractivity contribution in [2.24, 2.45) is 10.9 Å². The quantitative estimate of drug-likeness (QED) is 0.294. The summed E-state index contributed by atoms with van der Waals surface area (Å²) in [6.07, 6.45) is 1.13. The molecule has 1 aromatic carbocycles. The minimum Gasteiger partial charge on any atom is -0.409 e. The Bertz CT molecular complexity index is 451. The molecular formula is C14H21N3O3. The normalized spacial score (nSPS) is 11.4. The van der Waals surface area contributed by atoms with Crippen LogP contribution >= 0.6 is 0 Å². The van der Waals surface area contributed by atoms with E-state index in [9.17, 15) is 4.79 Å². The lowest BCUT2D eigenvalue weighted by atomic mass is 10.1. The average molecular weight is 279 g/mol. The molecule has 0 radical (unpaired) electrons. The number of nitrogens with zero attached hydrogens (tertiary/aromatic N) is 2. The molecule has 0 bridgehead atoms. The van der Waals surface area contributed by atoms with Gasteiger partial charge in [0.1, 0.15) is 0 Å². The zero-order valence-corrected chi connectivity index (χ0v) is 11.6. The second-order valence-corrected chi connectivity index (χ2v) is 4.46. The molecule has 0 atom stereocenters. The van der Waals surface area contributed by atoms with Crippen LogP contribution in [0.2, 0.25) is 0 Å². The summed E-state index contributed by atoms with van der Waals surface area (Å²) in [7, 11) is 0. The van der Waals surface area contributed by atoms with E-state index in [-0.39, 0.29) is 24.8 Å². The lowest BCUT2D eigenvalue weighted by molar-refractivity contribution is -0.131. The van der Waals surface area contributed by atoms with Crippen LogP contribution in [0.15, 0.2) is 29.4 Å². The number of rotatable bonds is 7. The first-order valence-corrected chi connectivity index (χ1v) is 6.57. The topological polar surface area (TPSA) is 99.2 Å². The van der Waals surface area contributed by atoms with E-state index in [1.807, 2.05) is 6.92 Å². The first-order chi connectivity index (χ1) is 9.62. The Kier molecular flexibility index (Phi) is 6.52. The molecule has 6 heteroatoms. The molecule has 0 aliphatic rings. The summed E-state index contributed by atoms with van der Waals surface area (Å²) < 4.78 is 0. The highest BCUT2D eigenvalue weighted by molar-refractivity contribution is 5.97. The fourth-order valence-corrected chi connectivity index (χ4v) is 1.89. The van der Waals surface area contributed by atoms with Crippen LogP contribution in [-0.4, -0.2) is 46.7 Å². The van der Waals surface area contributed by atoms with Gasteiger partial charge in [-0.25, -0.2) is 0 Å². The summed E-state index contributed by atoms with van der Waals surface area (Å²) in [5.41, 5.74) is 6.92. The molecule has 1 aromatic rings. The molecule has 6 nitrogen and oxygen atoms in total. The molecule has 20 heavy (non-hydrogen) atoms. The number of carbonyl (C=O) groups excluding carboxylic acids is 1. The van der Waals surface area contributed by atoms with Crippen LogP contribution in [0.25, 0.3) is 0 Å². The van der Waals surface area contributed by atoms with Crippen molar-refractivity contribution in [2.75, 3.05) is 19.7 Å². The van der Waals surface area contributed by atoms with Gasteiger partial charge in [-0.15, -0.1) is 0 Å². The van der Waals surface area contributed by atoms with Crippen molar-refractivity contribution in [1.29, 1.82) is 0 Å². The van der Waals surface area contributed by atoms with Crippen LogP contribution in [0.1, 0.15) is 24.5 Å². The Hall–Kier alpha value is -2.08. The van der Waals surface area contributed by atoms with E-state index < -0.39 is 0 Å². The highest BCUT2D eigenvalue weighted by atomic mass is 16.4. The summed E-state index contributed by atoms with van der Waals surface area (Å²) in [6, 6.07) is 6.95. The highest BCUT2D eigenvalue weighted by Crippen LogP contribution is 2.07. The molecule has 1 amide bonds. The van der Waals surface area contributed by atoms with Crippen LogP contribution < -0.4 is 5.73 Å². The van der Waals surface area contributed by atoms with Gasteiger partial charge >= 0.3 is 0 Å². The number of nitrogens with two attached hydrogens (primary N) is 1. The van der Waals surface area contributed by atoms with E-state index in [1.54, 1.807) is 29.2 Å². The predicted molar refractivity (Wildman–Crippen MR) is 76.6 cm³/mol. The first kappa shape index (κ1) is 16.0. The number of aliphatic hydroxyl groups is 1. The largest absolute Gasteiger partial charge is 0.409 e. The summed E-state index contributed by atoms with van der Waals surface area (Å²) in [5, 5.41) is 20.4. The molecule has 0 aromatic heterocycles. The second kappa shape index (κ2) is 8.16. The molecule has 0 fully saturated rings. The number of carbonyl (C=O) groups is 1. The van der Waals surface area contributed by atoms with E-state index in [1.165, 1.54) is 0 Å². The molecule has 0 aliphatic carbocycles. The Balaban J connectivity index is 2.69. The molecule has 0 aliphatic heterocycles. The van der Waals surface area contributed by atoms with Crippen molar-refractivity contribution < 1.29 is 15.1 Å². The Morgan fingerprint density at radius 3 is 2.45 bits per heavy atom. The van der Waals surface area contributed by atoms with Gasteiger partial charge in [-0.3, -0.25) is 4.79 Å². The van der Waals surface area contributed by atoms with E-state index in [0.717, 1.165) is 12.0 Å². The van der Waals surface area contributed by atoms with Gasteiger partial charge in [-0.05, 0) is 12.0 Å². The Morgan fingerprint density at radius 1 is 1.30 bits per heavy atom. The van der Waals surface area contributed by atoms with E-state index >= 15 is 0 Å². The van der Waals surface area contributed by atoms with Gasteiger partial charge in [-0.1, -0.05) is 36.3 Å². The van der Waals surface area contributed by atoms with Gasteiger partial charge in [-0.2, -0.15) is 0 Å². The van der Waals surface area contributed by atoms with Gasteiger partial charge in [0, 0.05) is 18.7 Å². The van der Waals surface area contributed by atoms with Crippen molar-refractivity contribution in [3.63, 3.8) is 0 Å². The third-order valence-electron chi connectivity index (χ3n) is 2.93. The average Bonchev–Trinajstić information content (AvgIpc) is 2.47. The third kappa shape index (κ3) is 4.55. The molecule has 4 N–H and O–H groups in total. The first-order valence-electron chi connectivity index (χ1n) is 6.57. The maximum absolute atomic E-state index is 12.1. The van der Waals surface area contributed by atoms with Crippen molar-refractivity contribution in [1.82, 2.24) is 4.90 Å². The van der Waals surface area contributed by atoms with Gasteiger partial charge in [0.25, 0.3) is 0 Å². The Morgan fingerprint density at radius 2 is 1.95 bits per heavy atom. The second-order valence-electron chi connectivity index (χ2n) is 4.46.